The Hall–Kier alpha value is -3.97. The number of hydrogen-bond donors (Lipinski definition) is 5. The number of rotatable bonds is 5. The van der Waals surface area contributed by atoms with Gasteiger partial charge in [0.15, 0.2) is 11.4 Å². The van der Waals surface area contributed by atoms with Gasteiger partial charge < -0.3 is 35.3 Å². The van der Waals surface area contributed by atoms with E-state index >= 15 is 0 Å². The van der Waals surface area contributed by atoms with Crippen molar-refractivity contribution in [3.63, 3.8) is 0 Å². The number of hydrogen-bond acceptors (Lipinski definition) is 11. The van der Waals surface area contributed by atoms with Gasteiger partial charge in [-0.15, -0.1) is 0 Å². The number of nitrogens with zero attached hydrogens (tertiary/aromatic N) is 2. The quantitative estimate of drug-likeness (QED) is 0.321. The second-order valence-electron chi connectivity index (χ2n) is 11.6. The minimum absolute atomic E-state index is 0.0152. The molecule has 1 aromatic carbocycles. The Morgan fingerprint density at radius 2 is 1.83 bits per heavy atom. The van der Waals surface area contributed by atoms with E-state index < -0.39 is 58.0 Å². The van der Waals surface area contributed by atoms with Crippen LogP contribution >= 0.6 is 0 Å². The highest BCUT2D eigenvalue weighted by Crippen LogP contribution is 2.53. The number of benzene rings is 1. The number of ether oxygens (including phenoxy) is 1. The second-order valence-corrected chi connectivity index (χ2v) is 11.6. The summed E-state index contributed by atoms with van der Waals surface area (Å²) in [4.78, 5) is 43.2. The van der Waals surface area contributed by atoms with Crippen molar-refractivity contribution >= 4 is 17.5 Å². The number of Topliss-reactive ketones (excluding diaryl/α,β-unsaturated/α-hetero) is 2. The molecule has 1 aromatic heterocycles. The van der Waals surface area contributed by atoms with Crippen molar-refractivity contribution in [3.8, 4) is 17.1 Å². The fraction of sp³-hybridized carbons (Fsp3) is 0.433. The molecule has 0 radical (unpaired) electrons. The van der Waals surface area contributed by atoms with Crippen LogP contribution in [0.3, 0.4) is 0 Å². The van der Waals surface area contributed by atoms with E-state index in [1.807, 2.05) is 12.1 Å². The number of ketones is 2. The maximum Gasteiger partial charge on any atom is 0.255 e. The molecular formula is C30H33N3O9. The van der Waals surface area contributed by atoms with Crippen molar-refractivity contribution in [1.29, 1.82) is 0 Å². The number of nitrogens with two attached hydrogens (primary N) is 1. The Balaban J connectivity index is 1.43. The molecule has 4 atom stereocenters. The van der Waals surface area contributed by atoms with Crippen LogP contribution in [0.15, 0.2) is 51.3 Å². The van der Waals surface area contributed by atoms with Crippen LogP contribution in [0.2, 0.25) is 0 Å². The largest absolute Gasteiger partial charge is 0.510 e. The molecule has 0 bridgehead atoms. The summed E-state index contributed by atoms with van der Waals surface area (Å²) >= 11 is 0. The molecule has 222 valence electrons. The first-order valence-corrected chi connectivity index (χ1v) is 13.8. The van der Waals surface area contributed by atoms with E-state index in [0.29, 0.717) is 36.6 Å². The molecule has 6 N–H and O–H groups in total. The number of aliphatic hydroxyl groups excluding tert-OH is 2. The molecule has 42 heavy (non-hydrogen) atoms. The van der Waals surface area contributed by atoms with Crippen molar-refractivity contribution in [2.75, 3.05) is 40.4 Å². The van der Waals surface area contributed by atoms with Crippen molar-refractivity contribution < 1.29 is 44.0 Å². The van der Waals surface area contributed by atoms with Crippen molar-refractivity contribution in [2.24, 2.45) is 17.6 Å². The molecule has 12 nitrogen and oxygen atoms in total. The number of likely N-dealkylation sites (N-methyl/N-ethyl adjacent to an activating group) is 1. The zero-order valence-electron chi connectivity index (χ0n) is 23.3. The molecule has 1 saturated heterocycles. The smallest absolute Gasteiger partial charge is 0.255 e. The predicted molar refractivity (Wildman–Crippen MR) is 147 cm³/mol. The lowest BCUT2D eigenvalue weighted by molar-refractivity contribution is -0.148. The number of carbonyl (C=O) groups excluding carboxylic acids is 3. The van der Waals surface area contributed by atoms with Crippen LogP contribution in [-0.4, -0.2) is 99.7 Å². The third-order valence-corrected chi connectivity index (χ3v) is 9.02. The molecule has 0 saturated carbocycles. The average Bonchev–Trinajstić information content (AvgIpc) is 3.39. The van der Waals surface area contributed by atoms with Gasteiger partial charge in [0.2, 0.25) is 5.78 Å². The van der Waals surface area contributed by atoms with Gasteiger partial charge in [-0.3, -0.25) is 24.2 Å². The number of morpholine rings is 1. The molecule has 0 spiro atoms. The number of allylic oxidation sites excluding steroid dienone is 1. The summed E-state index contributed by atoms with van der Waals surface area (Å²) in [6, 6.07) is 5.67. The Labute approximate surface area is 241 Å². The number of phenolic OH excluding ortho intramolecular Hbond substituents is 1. The van der Waals surface area contributed by atoms with Crippen LogP contribution in [0.4, 0.5) is 0 Å². The Kier molecular flexibility index (Phi) is 6.76. The van der Waals surface area contributed by atoms with Crippen LogP contribution in [0.25, 0.3) is 11.3 Å². The number of aromatic hydroxyl groups is 1. The molecule has 2 heterocycles. The fourth-order valence-electron chi connectivity index (χ4n) is 7.07. The van der Waals surface area contributed by atoms with Crippen LogP contribution < -0.4 is 5.73 Å². The SMILES string of the molecule is CN(C)[C@@H]1C(O)=C(C(N)=O)C(=O)[C@]2(O)C(O)=C3C(=O)c4c(O)ccc(-c5ccc(CN6CCOCC6)o5)c4C[C@H]3C[C@@H]12. The van der Waals surface area contributed by atoms with E-state index in [1.54, 1.807) is 20.2 Å². The van der Waals surface area contributed by atoms with E-state index in [0.717, 1.165) is 18.8 Å². The summed E-state index contributed by atoms with van der Waals surface area (Å²) in [7, 11) is 3.18. The van der Waals surface area contributed by atoms with Gasteiger partial charge in [0.05, 0.1) is 31.4 Å². The normalized spacial score (nSPS) is 28.1. The van der Waals surface area contributed by atoms with E-state index in [9.17, 15) is 34.8 Å². The number of fused-ring (bicyclic) bond motifs is 3. The van der Waals surface area contributed by atoms with E-state index in [1.165, 1.54) is 11.0 Å². The topological polar surface area (TPSA) is 187 Å². The van der Waals surface area contributed by atoms with Crippen molar-refractivity contribution in [1.82, 2.24) is 9.80 Å². The summed E-state index contributed by atoms with van der Waals surface area (Å²) in [5, 5.41) is 44.9. The third-order valence-electron chi connectivity index (χ3n) is 9.02. The van der Waals surface area contributed by atoms with Crippen LogP contribution in [-0.2, 0) is 27.3 Å². The number of primary amides is 1. The monoisotopic (exact) mass is 579 g/mol. The van der Waals surface area contributed by atoms with E-state index in [-0.39, 0.29) is 29.7 Å². The fourth-order valence-corrected chi connectivity index (χ4v) is 7.07. The Morgan fingerprint density at radius 1 is 1.12 bits per heavy atom. The lowest BCUT2D eigenvalue weighted by Gasteiger charge is -2.50. The zero-order chi connectivity index (χ0) is 30.1. The summed E-state index contributed by atoms with van der Waals surface area (Å²) in [6.07, 6.45) is 0.194. The first kappa shape index (κ1) is 28.2. The van der Waals surface area contributed by atoms with Gasteiger partial charge >= 0.3 is 0 Å². The van der Waals surface area contributed by atoms with Gasteiger partial charge in [0.1, 0.15) is 34.4 Å². The molecule has 6 rings (SSSR count). The van der Waals surface area contributed by atoms with Gasteiger partial charge in [0.25, 0.3) is 5.91 Å². The highest BCUT2D eigenvalue weighted by atomic mass is 16.5. The molecule has 0 unspecified atom stereocenters. The number of furan rings is 1. The Bertz CT molecular complexity index is 1570. The van der Waals surface area contributed by atoms with E-state index in [2.05, 4.69) is 4.90 Å². The second kappa shape index (κ2) is 10.1. The minimum atomic E-state index is -2.67. The summed E-state index contributed by atoms with van der Waals surface area (Å²) in [5.41, 5.74) is 2.74. The molecule has 1 fully saturated rings. The third kappa shape index (κ3) is 4.09. The number of phenols is 1. The molecular weight excluding hydrogens is 546 g/mol. The molecule has 1 aliphatic heterocycles. The highest BCUT2D eigenvalue weighted by Gasteiger charge is 2.63. The summed E-state index contributed by atoms with van der Waals surface area (Å²) in [6.45, 7) is 3.47. The van der Waals surface area contributed by atoms with Crippen LogP contribution in [0.1, 0.15) is 28.1 Å². The van der Waals surface area contributed by atoms with Crippen LogP contribution in [0.5, 0.6) is 5.75 Å². The highest BCUT2D eigenvalue weighted by molar-refractivity contribution is 6.24. The number of aliphatic hydroxyl groups is 3. The standard InChI is InChI=1S/C30H33N3O9/c1-32(2)24-18-12-14-11-17-16(20-6-3-15(42-20)13-33-7-9-41-10-8-33)4-5-19(34)22(17)25(35)21(14)27(37)30(18,40)28(38)23(26(24)36)29(31)39/h3-6,14,18,24,34,36-37,40H,7-13H2,1-2H3,(H2,31,39)/t14-,18-,24-,30+/m0/s1. The van der Waals surface area contributed by atoms with Gasteiger partial charge in [-0.25, -0.2) is 0 Å². The summed E-state index contributed by atoms with van der Waals surface area (Å²) < 4.78 is 11.6. The van der Waals surface area contributed by atoms with E-state index in [4.69, 9.17) is 14.9 Å². The molecule has 12 heteroatoms. The molecule has 1 amide bonds. The lowest BCUT2D eigenvalue weighted by atomic mass is 9.58. The maximum absolute atomic E-state index is 13.9. The number of amides is 1. The molecule has 3 aliphatic carbocycles. The minimum Gasteiger partial charge on any atom is -0.510 e. The van der Waals surface area contributed by atoms with Crippen molar-refractivity contribution in [3.05, 3.63) is 63.8 Å². The summed E-state index contributed by atoms with van der Waals surface area (Å²) in [5.74, 6) is -5.58. The Morgan fingerprint density at radius 3 is 2.50 bits per heavy atom. The van der Waals surface area contributed by atoms with Crippen LogP contribution in [0, 0.1) is 11.8 Å². The lowest BCUT2D eigenvalue weighted by Crippen LogP contribution is -2.63. The molecule has 4 aliphatic rings. The first-order chi connectivity index (χ1) is 19.9. The zero-order valence-corrected chi connectivity index (χ0v) is 23.3. The van der Waals surface area contributed by atoms with Gasteiger partial charge in [0, 0.05) is 30.1 Å². The van der Waals surface area contributed by atoms with Crippen molar-refractivity contribution in [2.45, 2.75) is 31.0 Å². The van der Waals surface area contributed by atoms with Gasteiger partial charge in [-0.05, 0) is 62.7 Å². The molecule has 2 aromatic rings. The average molecular weight is 580 g/mol. The van der Waals surface area contributed by atoms with Gasteiger partial charge in [-0.2, -0.15) is 0 Å². The maximum atomic E-state index is 13.9. The predicted octanol–water partition coefficient (Wildman–Crippen LogP) is 1.21. The number of carbonyl (C=O) groups is 3. The van der Waals surface area contributed by atoms with Gasteiger partial charge in [-0.1, -0.05) is 0 Å². The first-order valence-electron chi connectivity index (χ1n) is 13.8.